The summed E-state index contributed by atoms with van der Waals surface area (Å²) in [6.07, 6.45) is 0. The lowest BCUT2D eigenvalue weighted by Gasteiger charge is -2.14. The van der Waals surface area contributed by atoms with Crippen LogP contribution in [0.5, 0.6) is 0 Å². The Morgan fingerprint density at radius 3 is 2.56 bits per heavy atom. The van der Waals surface area contributed by atoms with Crippen LogP contribution in [0.15, 0.2) is 16.6 Å². The van der Waals surface area contributed by atoms with E-state index in [2.05, 4.69) is 27.8 Å². The molecular weight excluding hydrogens is 355 g/mol. The lowest BCUT2D eigenvalue weighted by atomic mass is 9.98. The Morgan fingerprint density at radius 2 is 2.00 bits per heavy atom. The third kappa shape index (κ3) is 2.52. The summed E-state index contributed by atoms with van der Waals surface area (Å²) in [5.74, 6) is 0.123. The topological polar surface area (TPSA) is 38.9 Å². The first-order valence-corrected chi connectivity index (χ1v) is 7.64. The maximum atomic E-state index is 6.29. The highest BCUT2D eigenvalue weighted by Gasteiger charge is 2.19. The molecule has 18 heavy (non-hydrogen) atoms. The quantitative estimate of drug-likeness (QED) is 0.737. The van der Waals surface area contributed by atoms with E-state index in [0.29, 0.717) is 15.2 Å². The molecule has 96 valence electrons. The van der Waals surface area contributed by atoms with E-state index in [4.69, 9.17) is 28.9 Å². The van der Waals surface area contributed by atoms with Gasteiger partial charge in [-0.2, -0.15) is 0 Å². The van der Waals surface area contributed by atoms with E-state index in [9.17, 15) is 0 Å². The number of nitrogen functional groups attached to an aromatic ring is 1. The molecule has 2 rings (SSSR count). The van der Waals surface area contributed by atoms with Crippen LogP contribution in [0.3, 0.4) is 0 Å². The number of benzene rings is 1. The summed E-state index contributed by atoms with van der Waals surface area (Å²) in [4.78, 5) is 5.36. The number of thiazole rings is 1. The maximum absolute atomic E-state index is 6.29. The molecule has 0 fully saturated rings. The van der Waals surface area contributed by atoms with Gasteiger partial charge in [0.25, 0.3) is 0 Å². The summed E-state index contributed by atoms with van der Waals surface area (Å²) in [6.45, 7) is 4.03. The first-order chi connectivity index (χ1) is 8.41. The fourth-order valence-electron chi connectivity index (χ4n) is 1.85. The fourth-order valence-corrected chi connectivity index (χ4v) is 3.70. The van der Waals surface area contributed by atoms with Crippen LogP contribution >= 0.6 is 50.5 Å². The summed E-state index contributed by atoms with van der Waals surface area (Å²) in [6, 6.07) is 3.87. The molecule has 0 spiro atoms. The monoisotopic (exact) mass is 364 g/mol. The summed E-state index contributed by atoms with van der Waals surface area (Å²) >= 11 is 17.3. The normalized spacial score (nSPS) is 12.7. The molecule has 6 heteroatoms. The Labute approximate surface area is 128 Å². The molecule has 0 aliphatic heterocycles. The van der Waals surface area contributed by atoms with Gasteiger partial charge in [0.05, 0.1) is 15.7 Å². The predicted molar refractivity (Wildman–Crippen MR) is 82.9 cm³/mol. The highest BCUT2D eigenvalue weighted by molar-refractivity contribution is 9.10. The second kappa shape index (κ2) is 5.37. The summed E-state index contributed by atoms with van der Waals surface area (Å²) < 4.78 is 0.797. The molecule has 1 unspecified atom stereocenters. The number of hydrogen-bond acceptors (Lipinski definition) is 3. The van der Waals surface area contributed by atoms with E-state index in [1.807, 2.05) is 19.1 Å². The van der Waals surface area contributed by atoms with E-state index in [1.165, 1.54) is 11.3 Å². The zero-order chi connectivity index (χ0) is 13.4. The van der Waals surface area contributed by atoms with Crippen LogP contribution in [-0.4, -0.2) is 4.98 Å². The Balaban J connectivity index is 2.49. The highest BCUT2D eigenvalue weighted by Crippen LogP contribution is 2.40. The number of nitrogens with two attached hydrogens (primary N) is 1. The molecule has 2 aromatic rings. The summed E-state index contributed by atoms with van der Waals surface area (Å²) in [5, 5.41) is 1.69. The van der Waals surface area contributed by atoms with Crippen molar-refractivity contribution in [3.8, 4) is 0 Å². The Hall–Kier alpha value is -0.290. The van der Waals surface area contributed by atoms with Gasteiger partial charge in [-0.15, -0.1) is 11.3 Å². The molecular formula is C12H11BrCl2N2S. The second-order valence-electron chi connectivity index (χ2n) is 3.99. The predicted octanol–water partition coefficient (Wildman–Crippen LogP) is 5.25. The summed E-state index contributed by atoms with van der Waals surface area (Å²) in [7, 11) is 0. The molecule has 2 nitrogen and oxygen atoms in total. The van der Waals surface area contributed by atoms with E-state index >= 15 is 0 Å². The number of nitrogens with zero attached hydrogens (tertiary/aromatic N) is 1. The van der Waals surface area contributed by atoms with Gasteiger partial charge in [-0.1, -0.05) is 36.2 Å². The van der Waals surface area contributed by atoms with Crippen LogP contribution in [-0.2, 0) is 0 Å². The number of hydrogen-bond donors (Lipinski definition) is 1. The van der Waals surface area contributed by atoms with Crippen molar-refractivity contribution < 1.29 is 0 Å². The van der Waals surface area contributed by atoms with Crippen LogP contribution in [0.25, 0.3) is 0 Å². The third-order valence-electron chi connectivity index (χ3n) is 2.77. The molecule has 0 saturated heterocycles. The van der Waals surface area contributed by atoms with Crippen molar-refractivity contribution in [2.45, 2.75) is 19.8 Å². The second-order valence-corrected chi connectivity index (χ2v) is 6.66. The zero-order valence-corrected chi connectivity index (χ0v) is 13.7. The Bertz CT molecular complexity index is 598. The van der Waals surface area contributed by atoms with Gasteiger partial charge >= 0.3 is 0 Å². The Morgan fingerprint density at radius 1 is 1.33 bits per heavy atom. The van der Waals surface area contributed by atoms with Crippen molar-refractivity contribution in [2.24, 2.45) is 0 Å². The van der Waals surface area contributed by atoms with Gasteiger partial charge in [-0.3, -0.25) is 0 Å². The average Bonchev–Trinajstić information content (AvgIpc) is 2.65. The van der Waals surface area contributed by atoms with E-state index in [1.54, 1.807) is 0 Å². The van der Waals surface area contributed by atoms with Crippen molar-refractivity contribution in [2.75, 3.05) is 5.73 Å². The minimum Gasteiger partial charge on any atom is -0.375 e. The fraction of sp³-hybridized carbons (Fsp3) is 0.250. The smallest absolute Gasteiger partial charge is 0.180 e. The van der Waals surface area contributed by atoms with Gasteiger partial charge in [0.2, 0.25) is 0 Å². The third-order valence-corrected chi connectivity index (χ3v) is 5.73. The highest BCUT2D eigenvalue weighted by atomic mass is 79.9. The van der Waals surface area contributed by atoms with Crippen molar-refractivity contribution in [3.63, 3.8) is 0 Å². The SMILES string of the molecule is Cc1nc(N)sc1C(C)c1ccc(Br)c(Cl)c1Cl. The minimum absolute atomic E-state index is 0.123. The molecule has 0 bridgehead atoms. The van der Waals surface area contributed by atoms with Gasteiger partial charge in [0, 0.05) is 15.3 Å². The molecule has 0 saturated carbocycles. The van der Waals surface area contributed by atoms with Gasteiger partial charge in [-0.25, -0.2) is 4.98 Å². The van der Waals surface area contributed by atoms with E-state index in [0.717, 1.165) is 20.6 Å². The maximum Gasteiger partial charge on any atom is 0.180 e. The summed E-state index contributed by atoms with van der Waals surface area (Å²) in [5.41, 5.74) is 7.66. The molecule has 2 N–H and O–H groups in total. The zero-order valence-electron chi connectivity index (χ0n) is 9.80. The lowest BCUT2D eigenvalue weighted by Crippen LogP contribution is -1.97. The van der Waals surface area contributed by atoms with Gasteiger partial charge in [0.1, 0.15) is 0 Å². The Kier molecular flexibility index (Phi) is 4.22. The van der Waals surface area contributed by atoms with Crippen LogP contribution in [0.2, 0.25) is 10.0 Å². The van der Waals surface area contributed by atoms with Crippen molar-refractivity contribution >= 4 is 55.6 Å². The number of halogens is 3. The van der Waals surface area contributed by atoms with Gasteiger partial charge < -0.3 is 5.73 Å². The van der Waals surface area contributed by atoms with E-state index < -0.39 is 0 Å². The van der Waals surface area contributed by atoms with Crippen molar-refractivity contribution in [3.05, 3.63) is 42.8 Å². The van der Waals surface area contributed by atoms with Crippen molar-refractivity contribution in [1.29, 1.82) is 0 Å². The van der Waals surface area contributed by atoms with Crippen LogP contribution in [0, 0.1) is 6.92 Å². The number of anilines is 1. The van der Waals surface area contributed by atoms with Crippen LogP contribution in [0.4, 0.5) is 5.13 Å². The van der Waals surface area contributed by atoms with E-state index in [-0.39, 0.29) is 5.92 Å². The first-order valence-electron chi connectivity index (χ1n) is 5.28. The molecule has 1 atom stereocenters. The average molecular weight is 366 g/mol. The van der Waals surface area contributed by atoms with Crippen LogP contribution in [0.1, 0.15) is 29.0 Å². The largest absolute Gasteiger partial charge is 0.375 e. The number of aryl methyl sites for hydroxylation is 1. The van der Waals surface area contributed by atoms with Crippen molar-refractivity contribution in [1.82, 2.24) is 4.98 Å². The molecule has 0 aliphatic carbocycles. The molecule has 0 aliphatic rings. The molecule has 0 radical (unpaired) electrons. The van der Waals surface area contributed by atoms with Gasteiger partial charge in [-0.05, 0) is 34.5 Å². The minimum atomic E-state index is 0.123. The molecule has 1 heterocycles. The lowest BCUT2D eigenvalue weighted by molar-refractivity contribution is 0.927. The number of aromatic nitrogens is 1. The first kappa shape index (κ1) is 14.1. The number of rotatable bonds is 2. The van der Waals surface area contributed by atoms with Crippen LogP contribution < -0.4 is 5.73 Å². The molecule has 1 aromatic carbocycles. The standard InChI is InChI=1S/C12H11BrCl2N2S/c1-5(11-6(2)17-12(16)18-11)7-3-4-8(13)10(15)9(7)14/h3-5H,1-2H3,(H2,16,17). The molecule has 0 amide bonds. The van der Waals surface area contributed by atoms with Gasteiger partial charge in [0.15, 0.2) is 5.13 Å². The molecule has 1 aromatic heterocycles.